The smallest absolute Gasteiger partial charge is 0.336 e. The van der Waals surface area contributed by atoms with E-state index < -0.39 is 97.7 Å². The van der Waals surface area contributed by atoms with E-state index in [0.717, 1.165) is 34.6 Å². The monoisotopic (exact) mass is 858 g/mol. The normalized spacial score (nSPS) is 19.7. The molecule has 1 unspecified atom stereocenters. The second-order valence-corrected chi connectivity index (χ2v) is 15.1. The fourth-order valence-electron chi connectivity index (χ4n) is 5.77. The number of non-ortho nitro benzene ring substituents is 1. The summed E-state index contributed by atoms with van der Waals surface area (Å²) in [6.45, 7) is 4.52. The van der Waals surface area contributed by atoms with Gasteiger partial charge in [0.2, 0.25) is 5.91 Å². The van der Waals surface area contributed by atoms with Crippen molar-refractivity contribution in [2.45, 2.75) is 95.4 Å². The van der Waals surface area contributed by atoms with Crippen LogP contribution in [0.5, 0.6) is 0 Å². The number of amides is 1. The first kappa shape index (κ1) is 46.4. The van der Waals surface area contributed by atoms with Crippen molar-refractivity contribution < 1.29 is 70.9 Å². The number of carbonyl (C=O) groups is 6. The molecular formula is C39H43N2O16PS. The van der Waals surface area contributed by atoms with Gasteiger partial charge in [-0.05, 0) is 35.0 Å². The third-order valence-corrected chi connectivity index (χ3v) is 10.3. The Labute approximate surface area is 344 Å². The maximum Gasteiger partial charge on any atom is 0.336 e. The van der Waals surface area contributed by atoms with Crippen LogP contribution < -0.4 is 5.32 Å². The van der Waals surface area contributed by atoms with Crippen LogP contribution in [0.4, 0.5) is 5.69 Å². The van der Waals surface area contributed by atoms with Crippen molar-refractivity contribution in [3.05, 3.63) is 106 Å². The van der Waals surface area contributed by atoms with Crippen LogP contribution in [0.3, 0.4) is 0 Å². The standard InChI is InChI=1S/C39H43N2O16PS/c1-24(42)40-35-33(53-26(3)44)20-39(38(47)59-32-18-16-31(17-19-32)41(48)49,56-37(35)36(55-28(5)46)34(54-27(4)45)23-50-25(2)43)57-58(51-21-29-12-8-6-9-13-29)52-22-30-14-10-7-11-15-30/h6-19,33-37H,20-23H2,1-5H3,(H,40,42)/t33-,34+,35+,36+,37+,39?/m0/s1. The molecule has 0 radical (unpaired) electrons. The summed E-state index contributed by atoms with van der Waals surface area (Å²) >= 11 is 0.535. The first-order valence-electron chi connectivity index (χ1n) is 17.9. The molecule has 1 aliphatic rings. The van der Waals surface area contributed by atoms with Gasteiger partial charge in [-0.2, -0.15) is 0 Å². The fourth-order valence-corrected chi connectivity index (χ4v) is 7.78. The van der Waals surface area contributed by atoms with Crippen molar-refractivity contribution in [1.29, 1.82) is 0 Å². The number of thioether (sulfide) groups is 1. The third kappa shape index (κ3) is 14.5. The fraction of sp³-hybridized carbons (Fsp3) is 0.385. The van der Waals surface area contributed by atoms with Crippen LogP contribution in [-0.4, -0.2) is 82.7 Å². The minimum Gasteiger partial charge on any atom is -0.462 e. The molecule has 18 nitrogen and oxygen atoms in total. The maximum atomic E-state index is 14.9. The Morgan fingerprint density at radius 2 is 1.37 bits per heavy atom. The summed E-state index contributed by atoms with van der Waals surface area (Å²) < 4.78 is 47.5. The molecule has 0 aromatic heterocycles. The highest BCUT2D eigenvalue weighted by atomic mass is 32.2. The van der Waals surface area contributed by atoms with Crippen LogP contribution >= 0.6 is 20.4 Å². The van der Waals surface area contributed by atoms with Crippen molar-refractivity contribution in [1.82, 2.24) is 5.32 Å². The van der Waals surface area contributed by atoms with E-state index >= 15 is 0 Å². The van der Waals surface area contributed by atoms with E-state index in [1.165, 1.54) is 24.3 Å². The lowest BCUT2D eigenvalue weighted by atomic mass is 9.88. The molecule has 316 valence electrons. The molecule has 6 atom stereocenters. The highest BCUT2D eigenvalue weighted by molar-refractivity contribution is 8.13. The minimum absolute atomic E-state index is 0.0839. The van der Waals surface area contributed by atoms with Gasteiger partial charge in [-0.25, -0.2) is 0 Å². The molecule has 3 aromatic rings. The Morgan fingerprint density at radius 3 is 1.85 bits per heavy atom. The Hall–Kier alpha value is -5.30. The number of ether oxygens (including phenoxy) is 5. The lowest BCUT2D eigenvalue weighted by Gasteiger charge is -2.49. The highest BCUT2D eigenvalue weighted by Crippen LogP contribution is 2.52. The summed E-state index contributed by atoms with van der Waals surface area (Å²) in [6.07, 6.45) is -7.32. The zero-order valence-corrected chi connectivity index (χ0v) is 34.3. The largest absolute Gasteiger partial charge is 0.462 e. The lowest BCUT2D eigenvalue weighted by Crippen LogP contribution is -2.68. The van der Waals surface area contributed by atoms with Gasteiger partial charge in [-0.1, -0.05) is 60.7 Å². The van der Waals surface area contributed by atoms with Crippen molar-refractivity contribution >= 4 is 61.0 Å². The second-order valence-electron chi connectivity index (χ2n) is 12.9. The summed E-state index contributed by atoms with van der Waals surface area (Å²) in [5, 5.41) is 13.1. The van der Waals surface area contributed by atoms with Gasteiger partial charge in [0.05, 0.1) is 24.2 Å². The quantitative estimate of drug-likeness (QED) is 0.0406. The minimum atomic E-state index is -2.61. The van der Waals surface area contributed by atoms with E-state index in [2.05, 4.69) is 5.32 Å². The molecule has 0 spiro atoms. The highest BCUT2D eigenvalue weighted by Gasteiger charge is 2.60. The van der Waals surface area contributed by atoms with Gasteiger partial charge in [0, 0.05) is 58.1 Å². The van der Waals surface area contributed by atoms with Gasteiger partial charge >= 0.3 is 32.5 Å². The molecule has 3 aromatic carbocycles. The predicted molar refractivity (Wildman–Crippen MR) is 208 cm³/mol. The van der Waals surface area contributed by atoms with Crippen LogP contribution in [0.1, 0.15) is 52.2 Å². The second kappa shape index (κ2) is 22.2. The molecule has 1 saturated heterocycles. The van der Waals surface area contributed by atoms with Gasteiger partial charge in [-0.3, -0.25) is 43.4 Å². The molecular weight excluding hydrogens is 815 g/mol. The number of nitrogens with zero attached hydrogens (tertiary/aromatic N) is 1. The van der Waals surface area contributed by atoms with Crippen LogP contribution in [0.15, 0.2) is 89.8 Å². The van der Waals surface area contributed by atoms with Gasteiger partial charge < -0.3 is 38.0 Å². The molecule has 20 heteroatoms. The van der Waals surface area contributed by atoms with Gasteiger partial charge in [0.1, 0.15) is 18.8 Å². The van der Waals surface area contributed by atoms with Crippen LogP contribution in [0.2, 0.25) is 0 Å². The average molecular weight is 859 g/mol. The molecule has 1 aliphatic heterocycles. The number of nitro groups is 1. The summed E-state index contributed by atoms with van der Waals surface area (Å²) in [5.41, 5.74) is 1.14. The summed E-state index contributed by atoms with van der Waals surface area (Å²) in [6, 6.07) is 21.4. The van der Waals surface area contributed by atoms with Gasteiger partial charge in [-0.15, -0.1) is 0 Å². The molecule has 1 heterocycles. The number of nitro benzene ring substituents is 1. The molecule has 1 amide bonds. The van der Waals surface area contributed by atoms with E-state index in [1.807, 2.05) is 0 Å². The summed E-state index contributed by atoms with van der Waals surface area (Å²) in [7, 11) is -2.61. The van der Waals surface area contributed by atoms with Gasteiger partial charge in [0.15, 0.2) is 12.2 Å². The number of nitrogens with one attached hydrogen (secondary N) is 1. The molecule has 1 N–H and O–H groups in total. The van der Waals surface area contributed by atoms with E-state index in [1.54, 1.807) is 60.7 Å². The Morgan fingerprint density at radius 1 is 0.814 bits per heavy atom. The number of hydrogen-bond donors (Lipinski definition) is 1. The first-order valence-corrected chi connectivity index (χ1v) is 19.9. The first-order chi connectivity index (χ1) is 28.0. The van der Waals surface area contributed by atoms with E-state index in [4.69, 9.17) is 37.3 Å². The number of esters is 4. The lowest BCUT2D eigenvalue weighted by molar-refractivity contribution is -0.384. The molecule has 0 bridgehead atoms. The van der Waals surface area contributed by atoms with Crippen LogP contribution in [0.25, 0.3) is 0 Å². The number of rotatable bonds is 19. The van der Waals surface area contributed by atoms with Crippen LogP contribution in [-0.2, 0) is 79.2 Å². The number of carbonyl (C=O) groups excluding carboxylic acids is 6. The SMILES string of the molecule is CC(=O)N[C@H]1[C@H]([C@H](OC(C)=O)[C@@H](COC(C)=O)OC(C)=O)OC(OP(OCc2ccccc2)OCc2ccccc2)(C(=O)Sc2ccc([N+](=O)[O-])cc2)C[C@@H]1OC(C)=O. The van der Waals surface area contributed by atoms with Crippen molar-refractivity contribution in [3.8, 4) is 0 Å². The maximum absolute atomic E-state index is 14.9. The molecule has 4 rings (SSSR count). The Balaban J connectivity index is 1.92. The Kier molecular flexibility index (Phi) is 17.4. The van der Waals surface area contributed by atoms with Crippen molar-refractivity contribution in [2.24, 2.45) is 0 Å². The topological polar surface area (TPSA) is 231 Å². The molecule has 59 heavy (non-hydrogen) atoms. The number of hydrogen-bond acceptors (Lipinski definition) is 17. The Bertz CT molecular complexity index is 1900. The summed E-state index contributed by atoms with van der Waals surface area (Å²) in [4.78, 5) is 88.5. The summed E-state index contributed by atoms with van der Waals surface area (Å²) in [5.74, 6) is -6.76. The van der Waals surface area contributed by atoms with E-state index in [0.29, 0.717) is 22.9 Å². The zero-order chi connectivity index (χ0) is 43.1. The molecule has 1 fully saturated rings. The van der Waals surface area contributed by atoms with E-state index in [9.17, 15) is 38.9 Å². The van der Waals surface area contributed by atoms with Gasteiger partial charge in [0.25, 0.3) is 16.6 Å². The molecule has 0 saturated carbocycles. The number of benzene rings is 3. The van der Waals surface area contributed by atoms with Crippen molar-refractivity contribution in [3.63, 3.8) is 0 Å². The van der Waals surface area contributed by atoms with Crippen LogP contribution in [0, 0.1) is 10.1 Å². The molecule has 0 aliphatic carbocycles. The third-order valence-electron chi connectivity index (χ3n) is 8.15. The average Bonchev–Trinajstić information content (AvgIpc) is 3.18. The predicted octanol–water partition coefficient (Wildman–Crippen LogP) is 5.24. The van der Waals surface area contributed by atoms with E-state index in [-0.39, 0.29) is 23.8 Å². The van der Waals surface area contributed by atoms with Crippen molar-refractivity contribution in [2.75, 3.05) is 6.61 Å². The zero-order valence-electron chi connectivity index (χ0n) is 32.6.